The van der Waals surface area contributed by atoms with E-state index in [1.54, 1.807) is 24.3 Å². The fraction of sp³-hybridized carbons (Fsp3) is 0.154. The summed E-state index contributed by atoms with van der Waals surface area (Å²) < 4.78 is 0. The molecular formula is C26H26N6O2S. The van der Waals surface area contributed by atoms with Gasteiger partial charge in [0.25, 0.3) is 5.91 Å². The van der Waals surface area contributed by atoms with E-state index in [9.17, 15) is 9.59 Å². The van der Waals surface area contributed by atoms with Crippen molar-refractivity contribution < 1.29 is 9.59 Å². The zero-order valence-corrected chi connectivity index (χ0v) is 20.3. The maximum Gasteiger partial charge on any atom is 0.251 e. The molecule has 4 rings (SSSR count). The second-order valence-electron chi connectivity index (χ2n) is 8.25. The minimum atomic E-state index is -0.353. The highest BCUT2D eigenvalue weighted by molar-refractivity contribution is 7.14. The fourth-order valence-electron chi connectivity index (χ4n) is 3.45. The Morgan fingerprint density at radius 2 is 1.74 bits per heavy atom. The first-order chi connectivity index (χ1) is 16.9. The Balaban J connectivity index is 1.39. The molecule has 0 bridgehead atoms. The first kappa shape index (κ1) is 24.1. The minimum absolute atomic E-state index is 0.162. The molecule has 2 amide bonds. The highest BCUT2D eigenvalue weighted by atomic mass is 32.1. The Labute approximate surface area is 207 Å². The molecule has 2 aromatic carbocycles. The van der Waals surface area contributed by atoms with Crippen LogP contribution in [0.1, 0.15) is 16.1 Å². The quantitative estimate of drug-likeness (QED) is 0.326. The average molecular weight is 487 g/mol. The van der Waals surface area contributed by atoms with E-state index in [-0.39, 0.29) is 18.4 Å². The van der Waals surface area contributed by atoms with Gasteiger partial charge in [0.15, 0.2) is 5.13 Å². The van der Waals surface area contributed by atoms with Crippen LogP contribution < -0.4 is 16.4 Å². The summed E-state index contributed by atoms with van der Waals surface area (Å²) in [5, 5.41) is 7.70. The topological polar surface area (TPSA) is 113 Å². The van der Waals surface area contributed by atoms with Gasteiger partial charge in [-0.05, 0) is 67.7 Å². The van der Waals surface area contributed by atoms with E-state index in [0.29, 0.717) is 16.4 Å². The predicted octanol–water partition coefficient (Wildman–Crippen LogP) is 3.88. The normalized spacial score (nSPS) is 10.8. The molecule has 0 aliphatic heterocycles. The molecule has 0 saturated heterocycles. The SMILES string of the molecule is CN(C)Cc1cc(-c2cccc(-c3csc(NC(=O)CNC(=O)c4ccc(N)cc4)n3)c2)ccn1. The number of aromatic nitrogens is 2. The lowest BCUT2D eigenvalue weighted by Gasteiger charge is -2.10. The molecule has 0 aliphatic rings. The summed E-state index contributed by atoms with van der Waals surface area (Å²) in [6.07, 6.45) is 1.82. The van der Waals surface area contributed by atoms with E-state index < -0.39 is 0 Å². The molecular weight excluding hydrogens is 460 g/mol. The molecule has 4 aromatic rings. The first-order valence-electron chi connectivity index (χ1n) is 11.0. The number of nitrogen functional groups attached to an aromatic ring is 1. The van der Waals surface area contributed by atoms with Crippen LogP contribution in [0.3, 0.4) is 0 Å². The second kappa shape index (κ2) is 10.9. The minimum Gasteiger partial charge on any atom is -0.399 e. The molecule has 0 atom stereocenters. The van der Waals surface area contributed by atoms with Crippen molar-refractivity contribution >= 4 is 34.0 Å². The van der Waals surface area contributed by atoms with Gasteiger partial charge in [0, 0.05) is 34.9 Å². The molecule has 0 unspecified atom stereocenters. The summed E-state index contributed by atoms with van der Waals surface area (Å²) >= 11 is 1.33. The summed E-state index contributed by atoms with van der Waals surface area (Å²) in [5.41, 5.74) is 11.5. The van der Waals surface area contributed by atoms with Crippen molar-refractivity contribution in [3.63, 3.8) is 0 Å². The van der Waals surface area contributed by atoms with Crippen LogP contribution in [0.4, 0.5) is 10.8 Å². The number of nitrogens with one attached hydrogen (secondary N) is 2. The molecule has 0 saturated carbocycles. The van der Waals surface area contributed by atoms with Gasteiger partial charge in [0.1, 0.15) is 0 Å². The lowest BCUT2D eigenvalue weighted by molar-refractivity contribution is -0.115. The van der Waals surface area contributed by atoms with Gasteiger partial charge in [0.2, 0.25) is 5.91 Å². The molecule has 0 spiro atoms. The van der Waals surface area contributed by atoms with Gasteiger partial charge in [-0.2, -0.15) is 0 Å². The van der Waals surface area contributed by atoms with Crippen LogP contribution in [0.15, 0.2) is 72.2 Å². The predicted molar refractivity (Wildman–Crippen MR) is 140 cm³/mol. The number of carbonyl (C=O) groups excluding carboxylic acids is 2. The number of nitrogens with zero attached hydrogens (tertiary/aromatic N) is 3. The van der Waals surface area contributed by atoms with Crippen LogP contribution in [-0.4, -0.2) is 47.3 Å². The Kier molecular flexibility index (Phi) is 7.49. The van der Waals surface area contributed by atoms with Gasteiger partial charge < -0.3 is 21.3 Å². The van der Waals surface area contributed by atoms with E-state index in [1.807, 2.05) is 43.9 Å². The number of carbonyl (C=O) groups is 2. The zero-order valence-electron chi connectivity index (χ0n) is 19.5. The fourth-order valence-corrected chi connectivity index (χ4v) is 4.19. The second-order valence-corrected chi connectivity index (χ2v) is 9.10. The summed E-state index contributed by atoms with van der Waals surface area (Å²) in [6.45, 7) is 0.605. The monoisotopic (exact) mass is 486 g/mol. The third-order valence-electron chi connectivity index (χ3n) is 5.12. The number of thiazole rings is 1. The van der Waals surface area contributed by atoms with Gasteiger partial charge >= 0.3 is 0 Å². The van der Waals surface area contributed by atoms with Crippen LogP contribution in [0.25, 0.3) is 22.4 Å². The number of benzene rings is 2. The van der Waals surface area contributed by atoms with Gasteiger partial charge in [-0.1, -0.05) is 18.2 Å². The van der Waals surface area contributed by atoms with Gasteiger partial charge in [-0.25, -0.2) is 4.98 Å². The van der Waals surface area contributed by atoms with E-state index in [4.69, 9.17) is 5.73 Å². The zero-order chi connectivity index (χ0) is 24.8. The molecule has 0 fully saturated rings. The highest BCUT2D eigenvalue weighted by Crippen LogP contribution is 2.29. The summed E-state index contributed by atoms with van der Waals surface area (Å²) in [7, 11) is 4.03. The number of hydrogen-bond donors (Lipinski definition) is 3. The van der Waals surface area contributed by atoms with Crippen LogP contribution in [0, 0.1) is 0 Å². The lowest BCUT2D eigenvalue weighted by atomic mass is 10.0. The van der Waals surface area contributed by atoms with E-state index >= 15 is 0 Å². The first-order valence-corrected chi connectivity index (χ1v) is 11.8. The van der Waals surface area contributed by atoms with Gasteiger partial charge in [0.05, 0.1) is 17.9 Å². The molecule has 9 heteroatoms. The molecule has 178 valence electrons. The molecule has 4 N–H and O–H groups in total. The Bertz CT molecular complexity index is 1330. The average Bonchev–Trinajstić information content (AvgIpc) is 3.31. The summed E-state index contributed by atoms with van der Waals surface area (Å²) in [5.74, 6) is -0.699. The van der Waals surface area contributed by atoms with Crippen molar-refractivity contribution in [2.24, 2.45) is 0 Å². The summed E-state index contributed by atoms with van der Waals surface area (Å²) in [6, 6.07) is 18.7. The Hall–Kier alpha value is -4.08. The summed E-state index contributed by atoms with van der Waals surface area (Å²) in [4.78, 5) is 35.5. The molecule has 2 heterocycles. The Morgan fingerprint density at radius 1 is 1.00 bits per heavy atom. The number of rotatable bonds is 8. The third kappa shape index (κ3) is 6.50. The smallest absolute Gasteiger partial charge is 0.251 e. The Morgan fingerprint density at radius 3 is 2.51 bits per heavy atom. The molecule has 0 aliphatic carbocycles. The van der Waals surface area contributed by atoms with Crippen LogP contribution in [0.2, 0.25) is 0 Å². The van der Waals surface area contributed by atoms with Gasteiger partial charge in [-0.3, -0.25) is 14.6 Å². The van der Waals surface area contributed by atoms with Crippen LogP contribution in [0.5, 0.6) is 0 Å². The van der Waals surface area contributed by atoms with E-state index in [1.165, 1.54) is 11.3 Å². The number of anilines is 2. The maximum absolute atomic E-state index is 12.3. The van der Waals surface area contributed by atoms with E-state index in [2.05, 4.69) is 43.7 Å². The van der Waals surface area contributed by atoms with Crippen molar-refractivity contribution in [1.29, 1.82) is 0 Å². The lowest BCUT2D eigenvalue weighted by Crippen LogP contribution is -2.32. The number of pyridine rings is 1. The van der Waals surface area contributed by atoms with Crippen molar-refractivity contribution in [3.8, 4) is 22.4 Å². The molecule has 2 aromatic heterocycles. The van der Waals surface area contributed by atoms with Crippen LogP contribution in [-0.2, 0) is 11.3 Å². The van der Waals surface area contributed by atoms with Gasteiger partial charge in [-0.15, -0.1) is 11.3 Å². The van der Waals surface area contributed by atoms with E-state index in [0.717, 1.165) is 34.6 Å². The molecule has 35 heavy (non-hydrogen) atoms. The number of amides is 2. The van der Waals surface area contributed by atoms with Crippen molar-refractivity contribution in [1.82, 2.24) is 20.2 Å². The third-order valence-corrected chi connectivity index (χ3v) is 5.88. The maximum atomic E-state index is 12.3. The highest BCUT2D eigenvalue weighted by Gasteiger charge is 2.12. The molecule has 0 radical (unpaired) electrons. The van der Waals surface area contributed by atoms with Crippen molar-refractivity contribution in [2.45, 2.75) is 6.54 Å². The standard InChI is InChI=1S/C26H26N6O2S/c1-32(2)15-22-13-19(10-11-28-22)18-4-3-5-20(12-18)23-16-35-26(30-23)31-24(33)14-29-25(34)17-6-8-21(27)9-7-17/h3-13,16H,14-15,27H2,1-2H3,(H,29,34)(H,30,31,33). The molecule has 8 nitrogen and oxygen atoms in total. The largest absolute Gasteiger partial charge is 0.399 e. The van der Waals surface area contributed by atoms with Crippen molar-refractivity contribution in [2.75, 3.05) is 31.7 Å². The van der Waals surface area contributed by atoms with Crippen molar-refractivity contribution in [3.05, 3.63) is 83.5 Å². The number of hydrogen-bond acceptors (Lipinski definition) is 7. The van der Waals surface area contributed by atoms with Crippen LogP contribution >= 0.6 is 11.3 Å². The number of nitrogens with two attached hydrogens (primary N) is 1.